The fourth-order valence-electron chi connectivity index (χ4n) is 5.06. The average molecular weight is 323 g/mol. The molecule has 1 fully saturated rings. The van der Waals surface area contributed by atoms with Gasteiger partial charge in [0.15, 0.2) is 0 Å². The molecule has 0 heteroatoms. The van der Waals surface area contributed by atoms with Gasteiger partial charge in [-0.05, 0) is 53.3 Å². The molecule has 0 bridgehead atoms. The van der Waals surface area contributed by atoms with E-state index >= 15 is 0 Å². The first-order valence-corrected chi connectivity index (χ1v) is 10.3. The molecule has 0 aliphatic heterocycles. The van der Waals surface area contributed by atoms with Crippen molar-refractivity contribution in [2.45, 2.75) is 94.9 Å². The largest absolute Gasteiger partial charge is 0.103 e. The zero-order chi connectivity index (χ0) is 18.4. The summed E-state index contributed by atoms with van der Waals surface area (Å²) in [7, 11) is 0. The predicted molar refractivity (Wildman–Crippen MR) is 108 cm³/mol. The zero-order valence-corrected chi connectivity index (χ0v) is 18.0. The van der Waals surface area contributed by atoms with Crippen LogP contribution in [-0.2, 0) is 0 Å². The summed E-state index contributed by atoms with van der Waals surface area (Å²) in [5.41, 5.74) is 1.02. The highest BCUT2D eigenvalue weighted by Crippen LogP contribution is 2.60. The molecule has 1 aliphatic rings. The van der Waals surface area contributed by atoms with E-state index in [-0.39, 0.29) is 0 Å². The minimum atomic E-state index is 0.470. The van der Waals surface area contributed by atoms with Crippen LogP contribution in [0.4, 0.5) is 0 Å². The predicted octanol–water partition coefficient (Wildman–Crippen LogP) is 7.99. The summed E-state index contributed by atoms with van der Waals surface area (Å²) in [6, 6.07) is 0. The first-order valence-electron chi connectivity index (χ1n) is 10.3. The van der Waals surface area contributed by atoms with Gasteiger partial charge in [0.05, 0.1) is 0 Å². The highest BCUT2D eigenvalue weighted by molar-refractivity contribution is 5.01. The molecule has 1 rings (SSSR count). The Labute approximate surface area is 148 Å². The number of rotatable bonds is 7. The average Bonchev–Trinajstić information content (AvgIpc) is 2.81. The van der Waals surface area contributed by atoms with Crippen LogP contribution in [0, 0.1) is 40.4 Å². The summed E-state index contributed by atoms with van der Waals surface area (Å²) in [5, 5.41) is 0. The van der Waals surface area contributed by atoms with Crippen molar-refractivity contribution in [1.82, 2.24) is 0 Å². The quantitative estimate of drug-likeness (QED) is 0.417. The lowest BCUT2D eigenvalue weighted by Crippen LogP contribution is -2.36. The van der Waals surface area contributed by atoms with Crippen LogP contribution in [0.1, 0.15) is 94.9 Å². The van der Waals surface area contributed by atoms with Crippen LogP contribution < -0.4 is 0 Å². The van der Waals surface area contributed by atoms with E-state index in [0.717, 1.165) is 23.7 Å². The van der Waals surface area contributed by atoms with Gasteiger partial charge in [-0.25, -0.2) is 0 Å². The van der Waals surface area contributed by atoms with Gasteiger partial charge >= 0.3 is 0 Å². The number of hydrogen-bond donors (Lipinski definition) is 0. The molecule has 7 unspecified atom stereocenters. The Kier molecular flexibility index (Phi) is 9.18. The van der Waals surface area contributed by atoms with E-state index in [2.05, 4.69) is 68.0 Å². The van der Waals surface area contributed by atoms with Gasteiger partial charge in [-0.1, -0.05) is 88.2 Å². The lowest BCUT2D eigenvalue weighted by atomic mass is 9.61. The van der Waals surface area contributed by atoms with Crippen LogP contribution >= 0.6 is 0 Å². The first kappa shape index (κ1) is 22.7. The Morgan fingerprint density at radius 2 is 1.74 bits per heavy atom. The van der Waals surface area contributed by atoms with Gasteiger partial charge in [0.2, 0.25) is 0 Å². The molecule has 138 valence electrons. The summed E-state index contributed by atoms with van der Waals surface area (Å²) in [6.07, 6.45) is 7.46. The summed E-state index contributed by atoms with van der Waals surface area (Å²) in [5.74, 6) is 3.98. The van der Waals surface area contributed by atoms with Crippen molar-refractivity contribution >= 4 is 0 Å². The molecular weight excluding hydrogens is 276 g/mol. The van der Waals surface area contributed by atoms with Gasteiger partial charge in [0, 0.05) is 0 Å². The SMILES string of the molecule is C=CC(C)CC(C)C(C)(CC)C1CC(C)(CC)C(C)C1C.CC. The molecule has 0 heterocycles. The second-order valence-electron chi connectivity index (χ2n) is 8.68. The van der Waals surface area contributed by atoms with E-state index in [1.165, 1.54) is 25.7 Å². The smallest absolute Gasteiger partial charge is 0.0262 e. The topological polar surface area (TPSA) is 0 Å². The summed E-state index contributed by atoms with van der Waals surface area (Å²) < 4.78 is 0. The van der Waals surface area contributed by atoms with E-state index < -0.39 is 0 Å². The molecule has 7 atom stereocenters. The molecule has 1 saturated carbocycles. The molecule has 23 heavy (non-hydrogen) atoms. The molecular formula is C23H46. The van der Waals surface area contributed by atoms with Crippen molar-refractivity contribution in [1.29, 1.82) is 0 Å². The Morgan fingerprint density at radius 1 is 1.22 bits per heavy atom. The molecule has 1 aliphatic carbocycles. The van der Waals surface area contributed by atoms with Crippen LogP contribution in [-0.4, -0.2) is 0 Å². The van der Waals surface area contributed by atoms with Crippen LogP contribution in [0.15, 0.2) is 12.7 Å². The molecule has 0 aromatic rings. The third-order valence-electron chi connectivity index (χ3n) is 7.88. The minimum absolute atomic E-state index is 0.470. The van der Waals surface area contributed by atoms with Gasteiger partial charge in [-0.15, -0.1) is 6.58 Å². The zero-order valence-electron chi connectivity index (χ0n) is 18.0. The van der Waals surface area contributed by atoms with Crippen LogP contribution in [0.5, 0.6) is 0 Å². The third kappa shape index (κ3) is 4.64. The van der Waals surface area contributed by atoms with Gasteiger partial charge < -0.3 is 0 Å². The van der Waals surface area contributed by atoms with E-state index in [0.29, 0.717) is 16.7 Å². The number of allylic oxidation sites excluding steroid dienone is 1. The number of hydrogen-bond acceptors (Lipinski definition) is 0. The Bertz CT molecular complexity index is 344. The molecule has 0 aromatic carbocycles. The Balaban J connectivity index is 0.00000232. The maximum absolute atomic E-state index is 3.98. The Morgan fingerprint density at radius 3 is 2.09 bits per heavy atom. The van der Waals surface area contributed by atoms with Gasteiger partial charge in [0.25, 0.3) is 0 Å². The van der Waals surface area contributed by atoms with Crippen molar-refractivity contribution in [3.63, 3.8) is 0 Å². The molecule has 0 nitrogen and oxygen atoms in total. The Hall–Kier alpha value is -0.260. The molecule has 0 radical (unpaired) electrons. The fraction of sp³-hybridized carbons (Fsp3) is 0.913. The fourth-order valence-corrected chi connectivity index (χ4v) is 5.06. The lowest BCUT2D eigenvalue weighted by Gasteiger charge is -2.44. The monoisotopic (exact) mass is 322 g/mol. The minimum Gasteiger partial charge on any atom is -0.103 e. The normalized spacial score (nSPS) is 35.7. The van der Waals surface area contributed by atoms with E-state index in [9.17, 15) is 0 Å². The second-order valence-corrected chi connectivity index (χ2v) is 8.68. The van der Waals surface area contributed by atoms with Gasteiger partial charge in [-0.2, -0.15) is 0 Å². The highest BCUT2D eigenvalue weighted by Gasteiger charge is 2.52. The molecule has 0 saturated heterocycles. The highest BCUT2D eigenvalue weighted by atomic mass is 14.6. The van der Waals surface area contributed by atoms with Gasteiger partial charge in [0.1, 0.15) is 0 Å². The summed E-state index contributed by atoms with van der Waals surface area (Å²) in [4.78, 5) is 0. The lowest BCUT2D eigenvalue weighted by molar-refractivity contribution is 0.0550. The third-order valence-corrected chi connectivity index (χ3v) is 7.88. The maximum Gasteiger partial charge on any atom is -0.0262 e. The van der Waals surface area contributed by atoms with E-state index in [4.69, 9.17) is 0 Å². The van der Waals surface area contributed by atoms with Crippen molar-refractivity contribution in [2.75, 3.05) is 0 Å². The van der Waals surface area contributed by atoms with E-state index in [1.54, 1.807) is 0 Å². The molecule has 0 aromatic heterocycles. The van der Waals surface area contributed by atoms with Crippen molar-refractivity contribution < 1.29 is 0 Å². The standard InChI is InChI=1S/C21H40.C2H6/c1-10-15(4)13-16(5)21(9,12-3)19-14-20(8,11-2)18(7)17(19)6;1-2/h10,15-19H,1,11-14H2,2-9H3;1-2H3. The first-order chi connectivity index (χ1) is 10.7. The summed E-state index contributed by atoms with van der Waals surface area (Å²) in [6.45, 7) is 27.7. The maximum atomic E-state index is 3.98. The summed E-state index contributed by atoms with van der Waals surface area (Å²) >= 11 is 0. The second kappa shape index (κ2) is 9.28. The molecule has 0 spiro atoms. The molecule has 0 N–H and O–H groups in total. The van der Waals surface area contributed by atoms with Crippen LogP contribution in [0.2, 0.25) is 0 Å². The van der Waals surface area contributed by atoms with Crippen LogP contribution in [0.3, 0.4) is 0 Å². The molecule has 0 amide bonds. The van der Waals surface area contributed by atoms with E-state index in [1.807, 2.05) is 13.8 Å². The van der Waals surface area contributed by atoms with Crippen molar-refractivity contribution in [3.05, 3.63) is 12.7 Å². The van der Waals surface area contributed by atoms with Gasteiger partial charge in [-0.3, -0.25) is 0 Å². The van der Waals surface area contributed by atoms with Crippen molar-refractivity contribution in [2.24, 2.45) is 40.4 Å². The van der Waals surface area contributed by atoms with Crippen molar-refractivity contribution in [3.8, 4) is 0 Å². The van der Waals surface area contributed by atoms with Crippen LogP contribution in [0.25, 0.3) is 0 Å².